The standard InChI is InChI=1S/C23H28N4O2/c1-18(27-22(28)17-20-10-5-11-21(20)24-27)23(29)26-15-13-25(14-16-26)12-6-9-19-7-3-2-4-8-19/h2-4,6-9,17-18H,5,10-16H2,1H3/b9-6+. The smallest absolute Gasteiger partial charge is 0.267 e. The number of aryl methyl sites for hydroxylation is 2. The van der Waals surface area contributed by atoms with Gasteiger partial charge in [-0.15, -0.1) is 0 Å². The average Bonchev–Trinajstić information content (AvgIpc) is 3.20. The van der Waals surface area contributed by atoms with Crippen molar-refractivity contribution in [2.24, 2.45) is 0 Å². The second-order valence-electron chi connectivity index (χ2n) is 7.87. The maximum absolute atomic E-state index is 13.0. The van der Waals surface area contributed by atoms with E-state index >= 15 is 0 Å². The van der Waals surface area contributed by atoms with Crippen LogP contribution in [0, 0.1) is 0 Å². The van der Waals surface area contributed by atoms with Gasteiger partial charge in [0.2, 0.25) is 5.91 Å². The van der Waals surface area contributed by atoms with Crippen LogP contribution in [0.15, 0.2) is 47.3 Å². The number of carbonyl (C=O) groups is 1. The van der Waals surface area contributed by atoms with Crippen molar-refractivity contribution in [3.8, 4) is 0 Å². The summed E-state index contributed by atoms with van der Waals surface area (Å²) in [5.41, 5.74) is 3.04. The third kappa shape index (κ3) is 4.48. The lowest BCUT2D eigenvalue weighted by Crippen LogP contribution is -2.51. The molecule has 4 rings (SSSR count). The van der Waals surface area contributed by atoms with Crippen LogP contribution in [0.2, 0.25) is 0 Å². The lowest BCUT2D eigenvalue weighted by molar-refractivity contribution is -0.136. The SMILES string of the molecule is CC(C(=O)N1CCN(C/C=C/c2ccccc2)CC1)n1nc2c(cc1=O)CCC2. The van der Waals surface area contributed by atoms with E-state index in [4.69, 9.17) is 0 Å². The van der Waals surface area contributed by atoms with Crippen molar-refractivity contribution in [3.05, 3.63) is 69.6 Å². The molecule has 1 unspecified atom stereocenters. The Morgan fingerprint density at radius 3 is 2.66 bits per heavy atom. The van der Waals surface area contributed by atoms with Crippen LogP contribution in [-0.2, 0) is 17.6 Å². The summed E-state index contributed by atoms with van der Waals surface area (Å²) in [5.74, 6) is -0.0166. The van der Waals surface area contributed by atoms with Gasteiger partial charge in [0.1, 0.15) is 6.04 Å². The Morgan fingerprint density at radius 1 is 1.14 bits per heavy atom. The van der Waals surface area contributed by atoms with Crippen molar-refractivity contribution in [2.75, 3.05) is 32.7 Å². The fourth-order valence-corrected chi connectivity index (χ4v) is 4.11. The fourth-order valence-electron chi connectivity index (χ4n) is 4.11. The zero-order valence-corrected chi connectivity index (χ0v) is 17.0. The van der Waals surface area contributed by atoms with Crippen LogP contribution in [0.25, 0.3) is 6.08 Å². The topological polar surface area (TPSA) is 58.4 Å². The number of nitrogens with zero attached hydrogens (tertiary/aromatic N) is 4. The van der Waals surface area contributed by atoms with Crippen LogP contribution >= 0.6 is 0 Å². The Hall–Kier alpha value is -2.73. The Bertz CT molecular complexity index is 943. The molecule has 1 aromatic carbocycles. The highest BCUT2D eigenvalue weighted by Gasteiger charge is 2.27. The van der Waals surface area contributed by atoms with Crippen molar-refractivity contribution in [3.63, 3.8) is 0 Å². The van der Waals surface area contributed by atoms with E-state index in [1.54, 1.807) is 13.0 Å². The number of piperazine rings is 1. The summed E-state index contributed by atoms with van der Waals surface area (Å²) in [6, 6.07) is 11.4. The molecule has 1 aromatic heterocycles. The summed E-state index contributed by atoms with van der Waals surface area (Å²) in [5, 5.41) is 4.49. The third-order valence-electron chi connectivity index (χ3n) is 5.86. The van der Waals surface area contributed by atoms with Crippen molar-refractivity contribution in [1.29, 1.82) is 0 Å². The molecule has 1 saturated heterocycles. The second kappa shape index (κ2) is 8.74. The van der Waals surface area contributed by atoms with Crippen molar-refractivity contribution in [2.45, 2.75) is 32.2 Å². The number of fused-ring (bicyclic) bond motifs is 1. The highest BCUT2D eigenvalue weighted by molar-refractivity contribution is 5.80. The fraction of sp³-hybridized carbons (Fsp3) is 0.435. The normalized spacial score (nSPS) is 18.2. The van der Waals surface area contributed by atoms with E-state index in [9.17, 15) is 9.59 Å². The molecular formula is C23H28N4O2. The molecule has 0 saturated carbocycles. The third-order valence-corrected chi connectivity index (χ3v) is 5.86. The summed E-state index contributed by atoms with van der Waals surface area (Å²) in [7, 11) is 0. The van der Waals surface area contributed by atoms with Crippen LogP contribution in [0.3, 0.4) is 0 Å². The van der Waals surface area contributed by atoms with Gasteiger partial charge in [0.05, 0.1) is 5.69 Å². The lowest BCUT2D eigenvalue weighted by Gasteiger charge is -2.35. The Balaban J connectivity index is 1.32. The molecule has 1 aliphatic carbocycles. The van der Waals surface area contributed by atoms with E-state index in [0.717, 1.165) is 50.2 Å². The Kier molecular flexibility index (Phi) is 5.90. The van der Waals surface area contributed by atoms with E-state index in [1.807, 2.05) is 23.1 Å². The van der Waals surface area contributed by atoms with Crippen molar-refractivity contribution < 1.29 is 4.79 Å². The number of carbonyl (C=O) groups excluding carboxylic acids is 1. The van der Waals surface area contributed by atoms with E-state index in [-0.39, 0.29) is 11.5 Å². The molecule has 1 amide bonds. The van der Waals surface area contributed by atoms with Gasteiger partial charge in [-0.05, 0) is 37.3 Å². The molecule has 2 heterocycles. The van der Waals surface area contributed by atoms with E-state index < -0.39 is 6.04 Å². The van der Waals surface area contributed by atoms with Gasteiger partial charge in [0, 0.05) is 38.8 Å². The molecule has 6 heteroatoms. The monoisotopic (exact) mass is 392 g/mol. The summed E-state index contributed by atoms with van der Waals surface area (Å²) >= 11 is 0. The molecule has 29 heavy (non-hydrogen) atoms. The molecule has 152 valence electrons. The van der Waals surface area contributed by atoms with Crippen LogP contribution in [0.1, 0.15) is 36.2 Å². The number of benzene rings is 1. The molecule has 1 fully saturated rings. The maximum atomic E-state index is 13.0. The predicted octanol–water partition coefficient (Wildman–Crippen LogP) is 2.15. The lowest BCUT2D eigenvalue weighted by atomic mass is 10.2. The highest BCUT2D eigenvalue weighted by atomic mass is 16.2. The van der Waals surface area contributed by atoms with Crippen LogP contribution in [0.5, 0.6) is 0 Å². The summed E-state index contributed by atoms with van der Waals surface area (Å²) in [6.45, 7) is 5.70. The van der Waals surface area contributed by atoms with Crippen molar-refractivity contribution >= 4 is 12.0 Å². The molecule has 6 nitrogen and oxygen atoms in total. The zero-order chi connectivity index (χ0) is 20.2. The molecule has 1 atom stereocenters. The first-order valence-corrected chi connectivity index (χ1v) is 10.5. The minimum Gasteiger partial charge on any atom is -0.338 e. The Morgan fingerprint density at radius 2 is 1.90 bits per heavy atom. The molecule has 0 spiro atoms. The average molecular weight is 393 g/mol. The molecule has 2 aliphatic rings. The van der Waals surface area contributed by atoms with Gasteiger partial charge in [-0.2, -0.15) is 5.10 Å². The maximum Gasteiger partial charge on any atom is 0.267 e. The van der Waals surface area contributed by atoms with Gasteiger partial charge in [-0.3, -0.25) is 14.5 Å². The van der Waals surface area contributed by atoms with Gasteiger partial charge in [0.25, 0.3) is 5.56 Å². The second-order valence-corrected chi connectivity index (χ2v) is 7.87. The van der Waals surface area contributed by atoms with Crippen LogP contribution in [-0.4, -0.2) is 58.2 Å². The Labute approximate surface area is 171 Å². The number of aromatic nitrogens is 2. The van der Waals surface area contributed by atoms with Crippen LogP contribution < -0.4 is 5.56 Å². The zero-order valence-electron chi connectivity index (χ0n) is 17.0. The molecule has 0 radical (unpaired) electrons. The van der Waals surface area contributed by atoms with E-state index in [2.05, 4.69) is 34.3 Å². The first-order chi connectivity index (χ1) is 14.1. The van der Waals surface area contributed by atoms with Crippen LogP contribution in [0.4, 0.5) is 0 Å². The minimum atomic E-state index is -0.557. The van der Waals surface area contributed by atoms with E-state index in [0.29, 0.717) is 13.1 Å². The summed E-state index contributed by atoms with van der Waals surface area (Å²) in [6.07, 6.45) is 7.15. The summed E-state index contributed by atoms with van der Waals surface area (Å²) in [4.78, 5) is 29.6. The largest absolute Gasteiger partial charge is 0.338 e. The molecule has 2 aromatic rings. The number of hydrogen-bond acceptors (Lipinski definition) is 4. The first kappa shape index (κ1) is 19.6. The van der Waals surface area contributed by atoms with E-state index in [1.165, 1.54) is 10.2 Å². The van der Waals surface area contributed by atoms with Gasteiger partial charge in [0.15, 0.2) is 0 Å². The van der Waals surface area contributed by atoms with Gasteiger partial charge >= 0.3 is 0 Å². The van der Waals surface area contributed by atoms with Gasteiger partial charge < -0.3 is 4.90 Å². The summed E-state index contributed by atoms with van der Waals surface area (Å²) < 4.78 is 1.38. The minimum absolute atomic E-state index is 0.0166. The number of rotatable bonds is 5. The van der Waals surface area contributed by atoms with Gasteiger partial charge in [-0.1, -0.05) is 42.5 Å². The quantitative estimate of drug-likeness (QED) is 0.782. The molecular weight excluding hydrogens is 364 g/mol. The highest BCUT2D eigenvalue weighted by Crippen LogP contribution is 2.18. The number of hydrogen-bond donors (Lipinski definition) is 0. The first-order valence-electron chi connectivity index (χ1n) is 10.5. The molecule has 1 aliphatic heterocycles. The van der Waals surface area contributed by atoms with Crippen molar-refractivity contribution in [1.82, 2.24) is 19.6 Å². The predicted molar refractivity (Wildman–Crippen MR) is 114 cm³/mol. The number of amides is 1. The van der Waals surface area contributed by atoms with Gasteiger partial charge in [-0.25, -0.2) is 4.68 Å². The molecule has 0 bridgehead atoms. The molecule has 0 N–H and O–H groups in total.